The van der Waals surface area contributed by atoms with Crippen molar-refractivity contribution in [1.82, 2.24) is 14.9 Å². The largest absolute Gasteiger partial charge is 0.436 e. The summed E-state index contributed by atoms with van der Waals surface area (Å²) < 4.78 is 38.7. The van der Waals surface area contributed by atoms with Gasteiger partial charge in [0.1, 0.15) is 11.1 Å². The standard InChI is InChI=1S/C15H12F3N5S2/c1-23(2)14(24)21-9-3-5-10(6-4-9)25-12-8-20-11(7-19)13(22-12)15(16,17)18/h3-6,8H,1-2H3,(H,21,24). The minimum Gasteiger partial charge on any atom is -0.355 e. The van der Waals surface area contributed by atoms with Gasteiger partial charge in [-0.15, -0.1) is 0 Å². The van der Waals surface area contributed by atoms with Crippen LogP contribution in [0.1, 0.15) is 11.4 Å². The number of nitrogens with zero attached hydrogens (tertiary/aromatic N) is 4. The maximum Gasteiger partial charge on any atom is 0.436 e. The summed E-state index contributed by atoms with van der Waals surface area (Å²) in [5.41, 5.74) is -1.27. The molecule has 0 radical (unpaired) electrons. The second-order valence-electron chi connectivity index (χ2n) is 4.97. The summed E-state index contributed by atoms with van der Waals surface area (Å²) in [4.78, 5) is 9.46. The summed E-state index contributed by atoms with van der Waals surface area (Å²) in [7, 11) is 3.61. The third-order valence-corrected chi connectivity index (χ3v) is 4.24. The summed E-state index contributed by atoms with van der Waals surface area (Å²) in [6, 6.07) is 8.34. The molecule has 0 amide bonds. The smallest absolute Gasteiger partial charge is 0.355 e. The maximum atomic E-state index is 12.9. The summed E-state index contributed by atoms with van der Waals surface area (Å²) in [6.07, 6.45) is -3.59. The van der Waals surface area contributed by atoms with Crippen LogP contribution in [0.15, 0.2) is 40.4 Å². The minimum atomic E-state index is -4.73. The lowest BCUT2D eigenvalue weighted by Gasteiger charge is -2.15. The number of alkyl halides is 3. The topological polar surface area (TPSA) is 64.8 Å². The molecule has 10 heteroatoms. The van der Waals surface area contributed by atoms with E-state index in [-0.39, 0.29) is 5.03 Å². The zero-order chi connectivity index (χ0) is 18.6. The van der Waals surface area contributed by atoms with Gasteiger partial charge in [0.25, 0.3) is 0 Å². The minimum absolute atomic E-state index is 0.0517. The summed E-state index contributed by atoms with van der Waals surface area (Å²) >= 11 is 6.15. The molecule has 0 unspecified atom stereocenters. The lowest BCUT2D eigenvalue weighted by molar-refractivity contribution is -0.142. The van der Waals surface area contributed by atoms with Crippen molar-refractivity contribution in [2.45, 2.75) is 16.1 Å². The highest BCUT2D eigenvalue weighted by Crippen LogP contribution is 2.33. The number of benzene rings is 1. The number of rotatable bonds is 3. The van der Waals surface area contributed by atoms with E-state index in [2.05, 4.69) is 15.3 Å². The Morgan fingerprint density at radius 1 is 1.28 bits per heavy atom. The van der Waals surface area contributed by atoms with Gasteiger partial charge in [0.15, 0.2) is 16.5 Å². The molecule has 0 aliphatic rings. The highest BCUT2D eigenvalue weighted by atomic mass is 32.2. The predicted octanol–water partition coefficient (Wildman–Crippen LogP) is 3.78. The molecular formula is C15H12F3N5S2. The molecule has 1 aromatic heterocycles. The van der Waals surface area contributed by atoms with Crippen LogP contribution in [0.25, 0.3) is 0 Å². The fourth-order valence-corrected chi connectivity index (χ4v) is 2.54. The Balaban J connectivity index is 2.18. The first kappa shape index (κ1) is 19.0. The lowest BCUT2D eigenvalue weighted by atomic mass is 10.3. The number of hydrogen-bond acceptors (Lipinski definition) is 5. The van der Waals surface area contributed by atoms with Gasteiger partial charge < -0.3 is 10.2 Å². The average molecular weight is 383 g/mol. The molecule has 0 bridgehead atoms. The molecule has 1 aromatic carbocycles. The first-order valence-corrected chi connectivity index (χ1v) is 8.03. The Morgan fingerprint density at radius 3 is 2.44 bits per heavy atom. The first-order chi connectivity index (χ1) is 11.7. The molecule has 0 saturated carbocycles. The second-order valence-corrected chi connectivity index (χ2v) is 6.45. The molecule has 0 aliphatic heterocycles. The third kappa shape index (κ3) is 5.04. The molecule has 130 valence electrons. The number of nitrogens with one attached hydrogen (secondary N) is 1. The molecule has 1 N–H and O–H groups in total. The summed E-state index contributed by atoms with van der Waals surface area (Å²) in [5.74, 6) is 0. The van der Waals surface area contributed by atoms with Crippen molar-refractivity contribution in [1.29, 1.82) is 5.26 Å². The van der Waals surface area contributed by atoms with E-state index in [1.165, 1.54) is 6.07 Å². The van der Waals surface area contributed by atoms with Crippen molar-refractivity contribution < 1.29 is 13.2 Å². The van der Waals surface area contributed by atoms with Crippen LogP contribution in [0, 0.1) is 11.3 Å². The van der Waals surface area contributed by atoms with Crippen LogP contribution in [0.3, 0.4) is 0 Å². The molecule has 0 atom stereocenters. The quantitative estimate of drug-likeness (QED) is 0.809. The zero-order valence-electron chi connectivity index (χ0n) is 13.1. The molecule has 5 nitrogen and oxygen atoms in total. The van der Waals surface area contributed by atoms with E-state index in [1.54, 1.807) is 43.3 Å². The van der Waals surface area contributed by atoms with E-state index in [1.807, 2.05) is 0 Å². The van der Waals surface area contributed by atoms with E-state index in [0.717, 1.165) is 23.6 Å². The van der Waals surface area contributed by atoms with Crippen molar-refractivity contribution in [2.75, 3.05) is 19.4 Å². The number of thiocarbonyl (C=S) groups is 1. The Bertz CT molecular complexity index is 813. The van der Waals surface area contributed by atoms with Crippen molar-refractivity contribution in [3.8, 4) is 6.07 Å². The highest BCUT2D eigenvalue weighted by Gasteiger charge is 2.37. The summed E-state index contributed by atoms with van der Waals surface area (Å²) in [6.45, 7) is 0. The highest BCUT2D eigenvalue weighted by molar-refractivity contribution is 7.99. The van der Waals surface area contributed by atoms with Crippen LogP contribution < -0.4 is 5.32 Å². The van der Waals surface area contributed by atoms with Gasteiger partial charge in [-0.1, -0.05) is 11.8 Å². The van der Waals surface area contributed by atoms with E-state index in [9.17, 15) is 13.2 Å². The Hall–Kier alpha value is -2.38. The zero-order valence-corrected chi connectivity index (χ0v) is 14.8. The second kappa shape index (κ2) is 7.67. The van der Waals surface area contributed by atoms with Crippen LogP contribution in [-0.4, -0.2) is 34.1 Å². The number of nitriles is 1. The number of anilines is 1. The van der Waals surface area contributed by atoms with Crippen LogP contribution >= 0.6 is 24.0 Å². The van der Waals surface area contributed by atoms with Gasteiger partial charge in [-0.2, -0.15) is 18.4 Å². The van der Waals surface area contributed by atoms with Crippen LogP contribution in [0.5, 0.6) is 0 Å². The molecule has 25 heavy (non-hydrogen) atoms. The Kier molecular flexibility index (Phi) is 5.81. The van der Waals surface area contributed by atoms with E-state index in [0.29, 0.717) is 10.0 Å². The van der Waals surface area contributed by atoms with Crippen molar-refractivity contribution >= 4 is 34.8 Å². The van der Waals surface area contributed by atoms with Gasteiger partial charge in [0.05, 0.1) is 6.20 Å². The fraction of sp³-hybridized carbons (Fsp3) is 0.200. The van der Waals surface area contributed by atoms with E-state index >= 15 is 0 Å². The molecular weight excluding hydrogens is 371 g/mol. The lowest BCUT2D eigenvalue weighted by Crippen LogP contribution is -2.26. The normalized spacial score (nSPS) is 10.9. The van der Waals surface area contributed by atoms with Crippen molar-refractivity contribution in [3.63, 3.8) is 0 Å². The van der Waals surface area contributed by atoms with E-state index in [4.69, 9.17) is 17.5 Å². The van der Waals surface area contributed by atoms with Gasteiger partial charge >= 0.3 is 6.18 Å². The average Bonchev–Trinajstić information content (AvgIpc) is 2.55. The monoisotopic (exact) mass is 383 g/mol. The van der Waals surface area contributed by atoms with Crippen LogP contribution in [0.4, 0.5) is 18.9 Å². The molecule has 0 saturated heterocycles. The molecule has 0 aliphatic carbocycles. The molecule has 0 spiro atoms. The van der Waals surface area contributed by atoms with Gasteiger partial charge in [-0.05, 0) is 36.5 Å². The summed E-state index contributed by atoms with van der Waals surface area (Å²) in [5, 5.41) is 12.3. The van der Waals surface area contributed by atoms with Crippen molar-refractivity contribution in [3.05, 3.63) is 41.9 Å². The predicted molar refractivity (Wildman–Crippen MR) is 92.2 cm³/mol. The molecule has 0 fully saturated rings. The van der Waals surface area contributed by atoms with Crippen LogP contribution in [-0.2, 0) is 6.18 Å². The number of halogens is 3. The first-order valence-electron chi connectivity index (χ1n) is 6.81. The maximum absolute atomic E-state index is 12.9. The Morgan fingerprint density at radius 2 is 1.92 bits per heavy atom. The van der Waals surface area contributed by atoms with Crippen LogP contribution in [0.2, 0.25) is 0 Å². The van der Waals surface area contributed by atoms with Gasteiger partial charge in [0, 0.05) is 24.7 Å². The Labute approximate surface area is 151 Å². The van der Waals surface area contributed by atoms with Gasteiger partial charge in [-0.3, -0.25) is 0 Å². The van der Waals surface area contributed by atoms with Gasteiger partial charge in [0.2, 0.25) is 0 Å². The number of aromatic nitrogens is 2. The fourth-order valence-electron chi connectivity index (χ4n) is 1.66. The molecule has 1 heterocycles. The van der Waals surface area contributed by atoms with E-state index < -0.39 is 17.6 Å². The molecule has 2 aromatic rings. The van der Waals surface area contributed by atoms with Crippen molar-refractivity contribution in [2.24, 2.45) is 0 Å². The van der Waals surface area contributed by atoms with Gasteiger partial charge in [-0.25, -0.2) is 9.97 Å². The third-order valence-electron chi connectivity index (χ3n) is 2.86. The molecule has 2 rings (SSSR count). The SMILES string of the molecule is CN(C)C(=S)Nc1ccc(Sc2cnc(C#N)c(C(F)(F)F)n2)cc1. The number of hydrogen-bond donors (Lipinski definition) is 1.